The van der Waals surface area contributed by atoms with Crippen LogP contribution in [0.2, 0.25) is 10.0 Å². The summed E-state index contributed by atoms with van der Waals surface area (Å²) in [7, 11) is 0. The number of hydrogen-bond donors (Lipinski definition) is 2. The molecule has 33 heavy (non-hydrogen) atoms. The van der Waals surface area contributed by atoms with Gasteiger partial charge < -0.3 is 10.6 Å². The quantitative estimate of drug-likeness (QED) is 0.459. The van der Waals surface area contributed by atoms with E-state index >= 15 is 0 Å². The molecule has 0 radical (unpaired) electrons. The van der Waals surface area contributed by atoms with Crippen molar-refractivity contribution in [2.24, 2.45) is 0 Å². The van der Waals surface area contributed by atoms with Gasteiger partial charge >= 0.3 is 0 Å². The Morgan fingerprint density at radius 1 is 1.21 bits per heavy atom. The minimum Gasteiger partial charge on any atom is -0.365 e. The second-order valence-electron chi connectivity index (χ2n) is 7.06. The Morgan fingerprint density at radius 3 is 2.67 bits per heavy atom. The molecular formula is C24H27Cl2N5O2. The maximum atomic E-state index is 12.7. The Hall–Kier alpha value is -3.16. The number of nitrogens with zero attached hydrogens (tertiary/aromatic N) is 3. The van der Waals surface area contributed by atoms with Gasteiger partial charge in [0, 0.05) is 53.3 Å². The van der Waals surface area contributed by atoms with Crippen LogP contribution in [0.4, 0.5) is 5.82 Å². The summed E-state index contributed by atoms with van der Waals surface area (Å²) < 4.78 is 1.38. The third-order valence-electron chi connectivity index (χ3n) is 4.44. The summed E-state index contributed by atoms with van der Waals surface area (Å²) in [5.41, 5.74) is 1.85. The van der Waals surface area contributed by atoms with Crippen LogP contribution in [-0.2, 0) is 24.3 Å². The zero-order valence-electron chi connectivity index (χ0n) is 18.6. The molecule has 3 aromatic rings. The van der Waals surface area contributed by atoms with E-state index in [2.05, 4.69) is 27.2 Å². The van der Waals surface area contributed by atoms with E-state index in [1.807, 2.05) is 25.1 Å². The molecule has 0 fully saturated rings. The van der Waals surface area contributed by atoms with Gasteiger partial charge in [0.2, 0.25) is 5.91 Å². The Morgan fingerprint density at radius 2 is 1.97 bits per heavy atom. The third-order valence-corrected chi connectivity index (χ3v) is 5.04. The van der Waals surface area contributed by atoms with Gasteiger partial charge in [0.25, 0.3) is 5.56 Å². The Balaban J connectivity index is 0.00000122. The fourth-order valence-electron chi connectivity index (χ4n) is 2.82. The smallest absolute Gasteiger partial charge is 0.293 e. The first-order chi connectivity index (χ1) is 15.8. The molecule has 0 spiro atoms. The average Bonchev–Trinajstić information content (AvgIpc) is 2.80. The predicted molar refractivity (Wildman–Crippen MR) is 134 cm³/mol. The largest absolute Gasteiger partial charge is 0.365 e. The standard InChI is InChI=1S/C21H21Cl2N5O2.C3H6/c1-14-11-27-20(25-9-7-17-4-2-3-8-24-17)21(30)28(14)13-19(29)26-12-15-10-16(22)5-6-18(15)23;1-3-2/h2-6,8,10-11H,7,9,12-13H2,1H3,(H,25,27)(H,26,29);3H,1H2,2H3. The highest BCUT2D eigenvalue weighted by Crippen LogP contribution is 2.20. The number of carbonyl (C=O) groups is 1. The van der Waals surface area contributed by atoms with Gasteiger partial charge in [-0.3, -0.25) is 19.1 Å². The van der Waals surface area contributed by atoms with Crippen molar-refractivity contribution < 1.29 is 4.79 Å². The number of nitrogens with one attached hydrogen (secondary N) is 2. The van der Waals surface area contributed by atoms with Gasteiger partial charge in [0.15, 0.2) is 5.82 Å². The van der Waals surface area contributed by atoms with Crippen LogP contribution < -0.4 is 16.2 Å². The third kappa shape index (κ3) is 8.36. The Bertz CT molecular complexity index is 1130. The second-order valence-corrected chi connectivity index (χ2v) is 7.90. The molecule has 0 aliphatic heterocycles. The van der Waals surface area contributed by atoms with Crippen LogP contribution in [0.15, 0.2) is 66.2 Å². The van der Waals surface area contributed by atoms with Gasteiger partial charge in [0.05, 0.1) is 0 Å². The lowest BCUT2D eigenvalue weighted by molar-refractivity contribution is -0.121. The Labute approximate surface area is 203 Å². The fourth-order valence-corrected chi connectivity index (χ4v) is 3.19. The van der Waals surface area contributed by atoms with Crippen molar-refractivity contribution in [2.75, 3.05) is 11.9 Å². The molecule has 7 nitrogen and oxygen atoms in total. The summed E-state index contributed by atoms with van der Waals surface area (Å²) in [6, 6.07) is 10.7. The van der Waals surface area contributed by atoms with Crippen LogP contribution in [-0.4, -0.2) is 27.0 Å². The van der Waals surface area contributed by atoms with Crippen molar-refractivity contribution >= 4 is 34.9 Å². The molecular weight excluding hydrogens is 461 g/mol. The van der Waals surface area contributed by atoms with Crippen molar-refractivity contribution in [3.05, 3.63) is 98.8 Å². The normalized spacial score (nSPS) is 10.1. The molecule has 0 unspecified atom stereocenters. The summed E-state index contributed by atoms with van der Waals surface area (Å²) in [5.74, 6) is -0.121. The van der Waals surface area contributed by atoms with Gasteiger partial charge in [0.1, 0.15) is 6.54 Å². The van der Waals surface area contributed by atoms with Crippen LogP contribution >= 0.6 is 23.2 Å². The number of pyridine rings is 1. The van der Waals surface area contributed by atoms with Gasteiger partial charge in [-0.1, -0.05) is 35.3 Å². The fraction of sp³-hybridized carbons (Fsp3) is 0.250. The summed E-state index contributed by atoms with van der Waals surface area (Å²) in [5, 5.41) is 6.83. The molecule has 2 N–H and O–H groups in total. The zero-order chi connectivity index (χ0) is 24.2. The highest BCUT2D eigenvalue weighted by Gasteiger charge is 2.12. The summed E-state index contributed by atoms with van der Waals surface area (Å²) >= 11 is 12.1. The molecule has 0 aliphatic carbocycles. The number of anilines is 1. The summed E-state index contributed by atoms with van der Waals surface area (Å²) in [4.78, 5) is 33.6. The van der Waals surface area contributed by atoms with E-state index in [-0.39, 0.29) is 30.4 Å². The van der Waals surface area contributed by atoms with Crippen LogP contribution in [0.5, 0.6) is 0 Å². The number of aryl methyl sites for hydroxylation is 1. The van der Waals surface area contributed by atoms with E-state index in [1.54, 1.807) is 43.6 Å². The predicted octanol–water partition coefficient (Wildman–Crippen LogP) is 4.42. The molecule has 3 rings (SSSR count). The minimum atomic E-state index is -0.355. The summed E-state index contributed by atoms with van der Waals surface area (Å²) in [6.45, 7) is 7.57. The summed E-state index contributed by atoms with van der Waals surface area (Å²) in [6.07, 6.45) is 5.68. The lowest BCUT2D eigenvalue weighted by atomic mass is 10.2. The topological polar surface area (TPSA) is 88.9 Å². The first-order valence-corrected chi connectivity index (χ1v) is 11.1. The number of amides is 1. The maximum absolute atomic E-state index is 12.7. The zero-order valence-corrected chi connectivity index (χ0v) is 20.2. The molecule has 1 amide bonds. The van der Waals surface area contributed by atoms with Crippen molar-refractivity contribution in [3.63, 3.8) is 0 Å². The van der Waals surface area contributed by atoms with E-state index in [4.69, 9.17) is 23.2 Å². The number of carbonyl (C=O) groups excluding carboxylic acids is 1. The lowest BCUT2D eigenvalue weighted by Crippen LogP contribution is -2.34. The van der Waals surface area contributed by atoms with Gasteiger partial charge in [-0.15, -0.1) is 6.58 Å². The number of aromatic nitrogens is 3. The van der Waals surface area contributed by atoms with Crippen molar-refractivity contribution in [1.82, 2.24) is 19.9 Å². The van der Waals surface area contributed by atoms with Crippen molar-refractivity contribution in [3.8, 4) is 0 Å². The van der Waals surface area contributed by atoms with E-state index in [0.29, 0.717) is 34.3 Å². The van der Waals surface area contributed by atoms with E-state index in [1.165, 1.54) is 4.57 Å². The van der Waals surface area contributed by atoms with Crippen LogP contribution in [0.3, 0.4) is 0 Å². The minimum absolute atomic E-state index is 0.125. The number of allylic oxidation sites excluding steroid dienone is 1. The average molecular weight is 488 g/mol. The van der Waals surface area contributed by atoms with Crippen LogP contribution in [0.25, 0.3) is 0 Å². The van der Waals surface area contributed by atoms with E-state index in [9.17, 15) is 9.59 Å². The molecule has 9 heteroatoms. The monoisotopic (exact) mass is 487 g/mol. The van der Waals surface area contributed by atoms with Gasteiger partial charge in [-0.2, -0.15) is 0 Å². The first-order valence-electron chi connectivity index (χ1n) is 10.3. The molecule has 174 valence electrons. The second kappa shape index (κ2) is 13.4. The molecule has 0 saturated heterocycles. The van der Waals surface area contributed by atoms with Crippen LogP contribution in [0, 0.1) is 6.92 Å². The molecule has 0 bridgehead atoms. The van der Waals surface area contributed by atoms with Crippen molar-refractivity contribution in [2.45, 2.75) is 33.4 Å². The molecule has 0 atom stereocenters. The van der Waals surface area contributed by atoms with Crippen LogP contribution in [0.1, 0.15) is 23.9 Å². The van der Waals surface area contributed by atoms with E-state index < -0.39 is 0 Å². The number of hydrogen-bond acceptors (Lipinski definition) is 5. The first kappa shape index (κ1) is 26.1. The number of halogens is 2. The molecule has 1 aromatic carbocycles. The van der Waals surface area contributed by atoms with Crippen molar-refractivity contribution in [1.29, 1.82) is 0 Å². The molecule has 2 heterocycles. The highest BCUT2D eigenvalue weighted by atomic mass is 35.5. The van der Waals surface area contributed by atoms with E-state index in [0.717, 1.165) is 5.69 Å². The van der Waals surface area contributed by atoms with Gasteiger partial charge in [-0.25, -0.2) is 4.98 Å². The number of rotatable bonds is 8. The maximum Gasteiger partial charge on any atom is 0.293 e. The molecule has 2 aromatic heterocycles. The molecule has 0 aliphatic rings. The van der Waals surface area contributed by atoms with Gasteiger partial charge in [-0.05, 0) is 49.7 Å². The lowest BCUT2D eigenvalue weighted by Gasteiger charge is -2.13. The SMILES string of the molecule is C=CC.Cc1cnc(NCCc2ccccn2)c(=O)n1CC(=O)NCc1cc(Cl)ccc1Cl. The number of benzene rings is 1. The Kier molecular flexibility index (Phi) is 10.6. The highest BCUT2D eigenvalue weighted by molar-refractivity contribution is 6.33. The molecule has 0 saturated carbocycles.